The number of fused-ring (bicyclic) bond motifs is 1. The van der Waals surface area contributed by atoms with Crippen LogP contribution in [-0.4, -0.2) is 35.0 Å². The predicted molar refractivity (Wildman–Crippen MR) is 119 cm³/mol. The minimum absolute atomic E-state index is 0. The van der Waals surface area contributed by atoms with Gasteiger partial charge in [-0.1, -0.05) is 0 Å². The third kappa shape index (κ3) is 5.35. The van der Waals surface area contributed by atoms with Gasteiger partial charge in [0.25, 0.3) is 0 Å². The van der Waals surface area contributed by atoms with Crippen LogP contribution in [0.25, 0.3) is 0 Å². The molecule has 0 spiro atoms. The molecule has 2 aromatic rings. The number of amides is 1. The molecule has 0 saturated carbocycles. The van der Waals surface area contributed by atoms with Gasteiger partial charge in [-0.05, 0) is 50.3 Å². The fourth-order valence-corrected chi connectivity index (χ4v) is 4.27. The number of nitrogens with zero attached hydrogens (tertiary/aromatic N) is 3. The zero-order valence-electron chi connectivity index (χ0n) is 17.6. The summed E-state index contributed by atoms with van der Waals surface area (Å²) in [6.07, 6.45) is 0.0282. The van der Waals surface area contributed by atoms with Gasteiger partial charge < -0.3 is 21.3 Å². The van der Waals surface area contributed by atoms with Crippen molar-refractivity contribution >= 4 is 41.5 Å². The van der Waals surface area contributed by atoms with E-state index in [4.69, 9.17) is 5.73 Å². The lowest BCUT2D eigenvalue weighted by atomic mass is 9.96. The molecule has 1 saturated heterocycles. The van der Waals surface area contributed by atoms with Gasteiger partial charge in [0.1, 0.15) is 5.82 Å². The molecule has 1 aliphatic heterocycles. The first-order chi connectivity index (χ1) is 14.7. The second kappa shape index (κ2) is 9.40. The van der Waals surface area contributed by atoms with Crippen LogP contribution in [0.4, 0.5) is 36.3 Å². The van der Waals surface area contributed by atoms with E-state index in [0.29, 0.717) is 6.54 Å². The van der Waals surface area contributed by atoms with Gasteiger partial charge in [0, 0.05) is 43.0 Å². The zero-order chi connectivity index (χ0) is 22.2. The highest BCUT2D eigenvalue weighted by Crippen LogP contribution is 2.35. The molecular formula is C21H26ClF3N6O. The van der Waals surface area contributed by atoms with Crippen LogP contribution in [0, 0.1) is 0 Å². The standard InChI is InChI=1S/C21H25F3N6O.ClH/c1-12(31)26-15-6-7-30(11-15)19-17-4-2-3-5-18(17)28-20(29-19)27-16-9-13(21(22,23)24)8-14(25)10-16;/h8-10,15H,2-7,11,25H2,1H3,(H,26,31)(H,27,28,29);1H. The Labute approximate surface area is 190 Å². The SMILES string of the molecule is CC(=O)NC1CCN(c2nc(Nc3cc(N)cc(C(F)(F)F)c3)nc3c2CCCC3)C1.Cl. The molecular weight excluding hydrogens is 445 g/mol. The molecule has 2 aliphatic rings. The summed E-state index contributed by atoms with van der Waals surface area (Å²) in [6.45, 7) is 2.88. The Morgan fingerprint density at radius 3 is 2.66 bits per heavy atom. The maximum atomic E-state index is 13.2. The van der Waals surface area contributed by atoms with Crippen LogP contribution in [0.2, 0.25) is 0 Å². The van der Waals surface area contributed by atoms with Crippen molar-refractivity contribution in [3.63, 3.8) is 0 Å². The van der Waals surface area contributed by atoms with Crippen molar-refractivity contribution in [2.24, 2.45) is 0 Å². The Morgan fingerprint density at radius 1 is 1.19 bits per heavy atom. The molecule has 1 aliphatic carbocycles. The summed E-state index contributed by atoms with van der Waals surface area (Å²) < 4.78 is 39.5. The van der Waals surface area contributed by atoms with E-state index in [0.717, 1.165) is 67.9 Å². The molecule has 2 heterocycles. The fraction of sp³-hybridized carbons (Fsp3) is 0.476. The number of carbonyl (C=O) groups is 1. The Hall–Kier alpha value is -2.75. The lowest BCUT2D eigenvalue weighted by Crippen LogP contribution is -2.36. The third-order valence-corrected chi connectivity index (χ3v) is 5.60. The monoisotopic (exact) mass is 470 g/mol. The van der Waals surface area contributed by atoms with E-state index < -0.39 is 11.7 Å². The number of nitrogens with two attached hydrogens (primary N) is 1. The summed E-state index contributed by atoms with van der Waals surface area (Å²) in [5.74, 6) is 0.971. The maximum Gasteiger partial charge on any atom is 0.416 e. The van der Waals surface area contributed by atoms with Crippen molar-refractivity contribution in [2.45, 2.75) is 51.2 Å². The van der Waals surface area contributed by atoms with Gasteiger partial charge in [0.15, 0.2) is 0 Å². The number of benzene rings is 1. The van der Waals surface area contributed by atoms with E-state index in [-0.39, 0.29) is 41.7 Å². The molecule has 1 unspecified atom stereocenters. The van der Waals surface area contributed by atoms with Crippen LogP contribution in [0.1, 0.15) is 43.0 Å². The molecule has 32 heavy (non-hydrogen) atoms. The average molecular weight is 471 g/mol. The quantitative estimate of drug-likeness (QED) is 0.588. The Bertz CT molecular complexity index is 1000. The highest BCUT2D eigenvalue weighted by molar-refractivity contribution is 5.85. The highest BCUT2D eigenvalue weighted by atomic mass is 35.5. The van der Waals surface area contributed by atoms with Crippen molar-refractivity contribution in [1.29, 1.82) is 0 Å². The Kier molecular flexibility index (Phi) is 7.02. The molecule has 11 heteroatoms. The molecule has 7 nitrogen and oxygen atoms in total. The first-order valence-electron chi connectivity index (χ1n) is 10.4. The molecule has 1 fully saturated rings. The van der Waals surface area contributed by atoms with E-state index >= 15 is 0 Å². The van der Waals surface area contributed by atoms with Crippen molar-refractivity contribution in [3.05, 3.63) is 35.0 Å². The first-order valence-corrected chi connectivity index (χ1v) is 10.4. The predicted octanol–water partition coefficient (Wildman–Crippen LogP) is 3.84. The maximum absolute atomic E-state index is 13.2. The summed E-state index contributed by atoms with van der Waals surface area (Å²) in [5, 5.41) is 5.86. The summed E-state index contributed by atoms with van der Waals surface area (Å²) in [7, 11) is 0. The second-order valence-electron chi connectivity index (χ2n) is 8.10. The smallest absolute Gasteiger partial charge is 0.399 e. The number of hydrogen-bond acceptors (Lipinski definition) is 6. The van der Waals surface area contributed by atoms with Gasteiger partial charge in [-0.25, -0.2) is 4.98 Å². The number of nitrogen functional groups attached to an aromatic ring is 1. The summed E-state index contributed by atoms with van der Waals surface area (Å²) in [5.41, 5.74) is 7.05. The van der Waals surface area contributed by atoms with Crippen LogP contribution in [-0.2, 0) is 23.8 Å². The minimum Gasteiger partial charge on any atom is -0.399 e. The second-order valence-corrected chi connectivity index (χ2v) is 8.10. The van der Waals surface area contributed by atoms with Crippen LogP contribution < -0.4 is 21.3 Å². The summed E-state index contributed by atoms with van der Waals surface area (Å²) >= 11 is 0. The van der Waals surface area contributed by atoms with E-state index in [1.807, 2.05) is 0 Å². The Balaban J connectivity index is 0.00000289. The number of alkyl halides is 3. The number of carbonyl (C=O) groups excluding carboxylic acids is 1. The van der Waals surface area contributed by atoms with E-state index in [1.165, 1.54) is 13.0 Å². The molecule has 4 rings (SSSR count). The fourth-order valence-electron chi connectivity index (χ4n) is 4.27. The normalized spacial score (nSPS) is 18.0. The van der Waals surface area contributed by atoms with Gasteiger partial charge in [0.05, 0.1) is 11.3 Å². The highest BCUT2D eigenvalue weighted by Gasteiger charge is 2.32. The van der Waals surface area contributed by atoms with Crippen molar-refractivity contribution < 1.29 is 18.0 Å². The zero-order valence-corrected chi connectivity index (χ0v) is 18.4. The molecule has 1 aromatic carbocycles. The van der Waals surface area contributed by atoms with Crippen molar-refractivity contribution in [1.82, 2.24) is 15.3 Å². The molecule has 1 aromatic heterocycles. The lowest BCUT2D eigenvalue weighted by Gasteiger charge is -2.25. The number of aryl methyl sites for hydroxylation is 1. The molecule has 4 N–H and O–H groups in total. The largest absolute Gasteiger partial charge is 0.416 e. The third-order valence-electron chi connectivity index (χ3n) is 5.60. The Morgan fingerprint density at radius 2 is 1.94 bits per heavy atom. The van der Waals surface area contributed by atoms with Gasteiger partial charge in [-0.15, -0.1) is 12.4 Å². The topological polar surface area (TPSA) is 96.2 Å². The van der Waals surface area contributed by atoms with Gasteiger partial charge in [-0.2, -0.15) is 18.2 Å². The van der Waals surface area contributed by atoms with Gasteiger partial charge >= 0.3 is 6.18 Å². The molecule has 1 amide bonds. The average Bonchev–Trinajstić information content (AvgIpc) is 3.14. The molecule has 1 atom stereocenters. The molecule has 0 bridgehead atoms. The summed E-state index contributed by atoms with van der Waals surface area (Å²) in [6, 6.07) is 3.38. The molecule has 0 radical (unpaired) electrons. The molecule has 174 valence electrons. The van der Waals surface area contributed by atoms with Crippen LogP contribution >= 0.6 is 12.4 Å². The van der Waals surface area contributed by atoms with Crippen LogP contribution in [0.15, 0.2) is 18.2 Å². The van der Waals surface area contributed by atoms with Crippen LogP contribution in [0.3, 0.4) is 0 Å². The minimum atomic E-state index is -4.50. The first kappa shape index (κ1) is 23.9. The van der Waals surface area contributed by atoms with Gasteiger partial charge in [-0.3, -0.25) is 4.79 Å². The lowest BCUT2D eigenvalue weighted by molar-refractivity contribution is -0.137. The van der Waals surface area contributed by atoms with Crippen LogP contribution in [0.5, 0.6) is 0 Å². The number of anilines is 4. The number of rotatable bonds is 4. The number of halogens is 4. The van der Waals surface area contributed by atoms with E-state index in [9.17, 15) is 18.0 Å². The number of nitrogens with one attached hydrogen (secondary N) is 2. The van der Waals surface area contributed by atoms with E-state index in [2.05, 4.69) is 25.5 Å². The van der Waals surface area contributed by atoms with Crippen molar-refractivity contribution in [3.8, 4) is 0 Å². The van der Waals surface area contributed by atoms with E-state index in [1.54, 1.807) is 0 Å². The number of hydrogen-bond donors (Lipinski definition) is 3. The van der Waals surface area contributed by atoms with Crippen molar-refractivity contribution in [2.75, 3.05) is 29.0 Å². The summed E-state index contributed by atoms with van der Waals surface area (Å²) in [4.78, 5) is 22.8. The number of aromatic nitrogens is 2. The van der Waals surface area contributed by atoms with Gasteiger partial charge in [0.2, 0.25) is 11.9 Å².